The lowest BCUT2D eigenvalue weighted by atomic mass is 9.73. The highest BCUT2D eigenvalue weighted by molar-refractivity contribution is 6.30. The largest absolute Gasteiger partial charge is 0.484 e. The van der Waals surface area contributed by atoms with E-state index in [1.165, 1.54) is 6.42 Å². The van der Waals surface area contributed by atoms with E-state index in [0.717, 1.165) is 86.3 Å². The number of oxazole rings is 1. The van der Waals surface area contributed by atoms with Gasteiger partial charge in [0.15, 0.2) is 17.5 Å². The highest BCUT2D eigenvalue weighted by Crippen LogP contribution is 2.44. The predicted molar refractivity (Wildman–Crippen MR) is 140 cm³/mol. The van der Waals surface area contributed by atoms with Crippen LogP contribution < -0.4 is 4.74 Å². The lowest BCUT2D eigenvalue weighted by Gasteiger charge is -2.51. The molecule has 2 aromatic carbocycles. The summed E-state index contributed by atoms with van der Waals surface area (Å²) in [6.07, 6.45) is 9.84. The minimum absolute atomic E-state index is 0.119. The van der Waals surface area contributed by atoms with Crippen LogP contribution in [0.3, 0.4) is 0 Å². The molecule has 3 aliphatic heterocycles. The Morgan fingerprint density at radius 2 is 1.78 bits per heavy atom. The van der Waals surface area contributed by atoms with Crippen LogP contribution in [0.1, 0.15) is 62.2 Å². The Balaban J connectivity index is 1.23. The molecule has 0 spiro atoms. The summed E-state index contributed by atoms with van der Waals surface area (Å²) in [6, 6.07) is 17.7. The smallest absolute Gasteiger partial charge is 0.231 e. The number of aliphatic hydroxyl groups is 1. The molecule has 3 saturated heterocycles. The normalized spacial score (nSPS) is 28.1. The summed E-state index contributed by atoms with van der Waals surface area (Å²) < 4.78 is 13.8. The van der Waals surface area contributed by atoms with Gasteiger partial charge in [-0.2, -0.15) is 0 Å². The van der Waals surface area contributed by atoms with E-state index in [1.807, 2.05) is 60.8 Å². The maximum Gasteiger partial charge on any atom is 0.231 e. The highest BCUT2D eigenvalue weighted by Gasteiger charge is 2.49. The summed E-state index contributed by atoms with van der Waals surface area (Å²) in [5, 5.41) is 12.9. The molecule has 0 amide bonds. The average molecular weight is 508 g/mol. The van der Waals surface area contributed by atoms with Crippen molar-refractivity contribution in [3.8, 4) is 5.75 Å². The van der Waals surface area contributed by atoms with Gasteiger partial charge in [0.1, 0.15) is 18.8 Å². The number of halogens is 1. The van der Waals surface area contributed by atoms with Gasteiger partial charge < -0.3 is 18.7 Å². The van der Waals surface area contributed by atoms with Gasteiger partial charge in [0.05, 0.1) is 19.3 Å². The number of nitrogens with zero attached hydrogens (tertiary/aromatic N) is 2. The molecule has 4 fully saturated rings. The first-order chi connectivity index (χ1) is 17.5. The third-order valence-electron chi connectivity index (χ3n) is 8.91. The van der Waals surface area contributed by atoms with Crippen molar-refractivity contribution in [3.05, 3.63) is 83.0 Å². The third-order valence-corrected chi connectivity index (χ3v) is 9.14. The molecular weight excluding hydrogens is 472 g/mol. The fraction of sp³-hybridized carbons (Fsp3) is 0.500. The van der Waals surface area contributed by atoms with Gasteiger partial charge in [-0.05, 0) is 36.6 Å². The number of ether oxygens (including phenoxy) is 1. The Bertz CT molecular complexity index is 1170. The van der Waals surface area contributed by atoms with Gasteiger partial charge in [0.2, 0.25) is 5.89 Å². The van der Waals surface area contributed by atoms with Crippen LogP contribution >= 0.6 is 11.6 Å². The van der Waals surface area contributed by atoms with Gasteiger partial charge in [0, 0.05) is 29.7 Å². The maximum atomic E-state index is 12.2. The van der Waals surface area contributed by atoms with E-state index in [0.29, 0.717) is 16.8 Å². The molecule has 0 radical (unpaired) electrons. The number of hydrogen-bond donors (Lipinski definition) is 1. The number of rotatable bonds is 7. The Morgan fingerprint density at radius 3 is 2.53 bits per heavy atom. The molecule has 4 heterocycles. The third kappa shape index (κ3) is 4.57. The maximum absolute atomic E-state index is 12.2. The fourth-order valence-corrected chi connectivity index (χ4v) is 7.11. The molecule has 6 heteroatoms. The van der Waals surface area contributed by atoms with Crippen LogP contribution in [0.4, 0.5) is 0 Å². The molecule has 2 bridgehead atoms. The molecule has 1 aromatic heterocycles. The van der Waals surface area contributed by atoms with Crippen LogP contribution in [-0.2, 0) is 12.1 Å². The second kappa shape index (κ2) is 9.85. The van der Waals surface area contributed by atoms with Gasteiger partial charge in [-0.1, -0.05) is 67.3 Å². The molecule has 1 saturated carbocycles. The molecule has 7 rings (SSSR count). The van der Waals surface area contributed by atoms with Crippen molar-refractivity contribution in [2.75, 3.05) is 19.6 Å². The lowest BCUT2D eigenvalue weighted by Crippen LogP contribution is -2.64. The molecule has 1 aliphatic carbocycles. The fourth-order valence-electron chi connectivity index (χ4n) is 6.93. The zero-order valence-electron chi connectivity index (χ0n) is 20.8. The summed E-state index contributed by atoms with van der Waals surface area (Å²) in [7, 11) is 0. The molecule has 36 heavy (non-hydrogen) atoms. The molecule has 2 atom stereocenters. The summed E-state index contributed by atoms with van der Waals surface area (Å²) >= 11 is 6.19. The first-order valence-electron chi connectivity index (χ1n) is 13.5. The van der Waals surface area contributed by atoms with E-state index in [9.17, 15) is 5.11 Å². The standard InChI is InChI=1S/C30H36ClN2O3/c31-25-12-7-13-26(18-25)35-28-21-33(16-14-22(28)15-17-33)20-27-19-32-29(36-27)30(34,23-8-3-1-4-9-23)24-10-5-2-6-11-24/h1,3-4,7-9,12-13,18-19,22,24,28,34H,2,5-6,10-11,14-17,20-21H2/q+1/t22?,28?,30-,33?/m0/s1. The van der Waals surface area contributed by atoms with Crippen molar-refractivity contribution >= 4 is 11.6 Å². The average Bonchev–Trinajstić information content (AvgIpc) is 3.38. The van der Waals surface area contributed by atoms with Crippen molar-refractivity contribution in [1.29, 1.82) is 0 Å². The SMILES string of the molecule is O[C@](c1ccccc1)(c1ncc(C[N+]23CCC(CC2)C(Oc2cccc(Cl)c2)C3)o1)C1CCCCC1. The second-order valence-electron chi connectivity index (χ2n) is 11.2. The van der Waals surface area contributed by atoms with E-state index in [4.69, 9.17) is 25.7 Å². The monoisotopic (exact) mass is 507 g/mol. The van der Waals surface area contributed by atoms with Gasteiger partial charge in [-0.3, -0.25) is 0 Å². The molecule has 190 valence electrons. The minimum Gasteiger partial charge on any atom is -0.484 e. The van der Waals surface area contributed by atoms with Crippen molar-refractivity contribution < 1.29 is 18.7 Å². The topological polar surface area (TPSA) is 55.5 Å². The first-order valence-corrected chi connectivity index (χ1v) is 13.9. The molecular formula is C30H36ClN2O3+. The van der Waals surface area contributed by atoms with Crippen LogP contribution in [0.5, 0.6) is 5.75 Å². The number of aromatic nitrogens is 1. The van der Waals surface area contributed by atoms with Crippen LogP contribution in [0.15, 0.2) is 65.2 Å². The molecule has 3 aromatic rings. The van der Waals surface area contributed by atoms with Crippen molar-refractivity contribution in [2.24, 2.45) is 11.8 Å². The molecule has 1 unspecified atom stereocenters. The summed E-state index contributed by atoms with van der Waals surface area (Å²) in [5.74, 6) is 2.86. The predicted octanol–water partition coefficient (Wildman–Crippen LogP) is 6.33. The van der Waals surface area contributed by atoms with Gasteiger partial charge in [-0.25, -0.2) is 4.98 Å². The van der Waals surface area contributed by atoms with Crippen LogP contribution in [-0.4, -0.2) is 40.3 Å². The van der Waals surface area contributed by atoms with E-state index < -0.39 is 5.60 Å². The number of hydrogen-bond acceptors (Lipinski definition) is 4. The highest BCUT2D eigenvalue weighted by atomic mass is 35.5. The zero-order chi connectivity index (χ0) is 24.6. The quantitative estimate of drug-likeness (QED) is 0.379. The van der Waals surface area contributed by atoms with Crippen LogP contribution in [0, 0.1) is 11.8 Å². The van der Waals surface area contributed by atoms with Crippen molar-refractivity contribution in [1.82, 2.24) is 4.98 Å². The molecule has 1 N–H and O–H groups in total. The van der Waals surface area contributed by atoms with Gasteiger partial charge >= 0.3 is 0 Å². The van der Waals surface area contributed by atoms with E-state index in [-0.39, 0.29) is 12.0 Å². The van der Waals surface area contributed by atoms with Gasteiger partial charge in [0.25, 0.3) is 0 Å². The van der Waals surface area contributed by atoms with Crippen LogP contribution in [0.2, 0.25) is 5.02 Å². The van der Waals surface area contributed by atoms with E-state index >= 15 is 0 Å². The van der Waals surface area contributed by atoms with E-state index in [2.05, 4.69) is 0 Å². The number of fused-ring (bicyclic) bond motifs is 3. The van der Waals surface area contributed by atoms with E-state index in [1.54, 1.807) is 0 Å². The number of benzene rings is 2. The van der Waals surface area contributed by atoms with Gasteiger partial charge in [-0.15, -0.1) is 0 Å². The summed E-state index contributed by atoms with van der Waals surface area (Å²) in [4.78, 5) is 4.71. The molecule has 4 aliphatic rings. The molecule has 5 nitrogen and oxygen atoms in total. The lowest BCUT2D eigenvalue weighted by molar-refractivity contribution is -0.958. The Kier molecular flexibility index (Phi) is 6.57. The summed E-state index contributed by atoms with van der Waals surface area (Å²) in [5.41, 5.74) is -0.307. The summed E-state index contributed by atoms with van der Waals surface area (Å²) in [6.45, 7) is 3.99. The Labute approximate surface area is 218 Å². The number of piperidine rings is 3. The minimum atomic E-state index is -1.19. The second-order valence-corrected chi connectivity index (χ2v) is 11.6. The first kappa shape index (κ1) is 24.0. The Hall–Kier alpha value is -2.34. The van der Waals surface area contributed by atoms with Crippen molar-refractivity contribution in [2.45, 2.75) is 63.2 Å². The number of quaternary nitrogens is 1. The van der Waals surface area contributed by atoms with Crippen LogP contribution in [0.25, 0.3) is 0 Å². The van der Waals surface area contributed by atoms with Crippen molar-refractivity contribution in [3.63, 3.8) is 0 Å². The zero-order valence-corrected chi connectivity index (χ0v) is 21.6. The Morgan fingerprint density at radius 1 is 1.00 bits per heavy atom.